The first-order valence-corrected chi connectivity index (χ1v) is 5.73. The standard InChI is InChI=1S/C11H19N3O/c1-2-14-10(5-8-13-14)11(15)9-3-6-12-7-4-9/h5,8-9,11-12,15H,2-4,6-7H2,1H3. The van der Waals surface area contributed by atoms with Gasteiger partial charge < -0.3 is 10.4 Å². The SMILES string of the molecule is CCn1nccc1C(O)C1CCNCC1. The lowest BCUT2D eigenvalue weighted by Crippen LogP contribution is -2.31. The van der Waals surface area contributed by atoms with Crippen LogP contribution >= 0.6 is 0 Å². The Hall–Kier alpha value is -0.870. The fourth-order valence-corrected chi connectivity index (χ4v) is 2.26. The molecule has 0 bridgehead atoms. The van der Waals surface area contributed by atoms with E-state index in [1.54, 1.807) is 6.20 Å². The molecule has 0 aliphatic carbocycles. The van der Waals surface area contributed by atoms with E-state index < -0.39 is 0 Å². The maximum atomic E-state index is 10.3. The van der Waals surface area contributed by atoms with E-state index in [-0.39, 0.29) is 6.10 Å². The predicted molar refractivity (Wildman–Crippen MR) is 58.5 cm³/mol. The first-order chi connectivity index (χ1) is 7.33. The smallest absolute Gasteiger partial charge is 0.0985 e. The summed E-state index contributed by atoms with van der Waals surface area (Å²) in [7, 11) is 0. The molecule has 4 heteroatoms. The third-order valence-corrected chi connectivity index (χ3v) is 3.18. The topological polar surface area (TPSA) is 50.1 Å². The van der Waals surface area contributed by atoms with Crippen LogP contribution < -0.4 is 5.32 Å². The van der Waals surface area contributed by atoms with Crippen LogP contribution in [0.3, 0.4) is 0 Å². The molecular weight excluding hydrogens is 190 g/mol. The largest absolute Gasteiger partial charge is 0.387 e. The molecule has 84 valence electrons. The van der Waals surface area contributed by atoms with E-state index in [0.717, 1.165) is 38.2 Å². The lowest BCUT2D eigenvalue weighted by atomic mass is 9.90. The Morgan fingerprint density at radius 1 is 1.60 bits per heavy atom. The highest BCUT2D eigenvalue weighted by Crippen LogP contribution is 2.28. The highest BCUT2D eigenvalue weighted by atomic mass is 16.3. The van der Waals surface area contributed by atoms with Crippen molar-refractivity contribution in [2.75, 3.05) is 13.1 Å². The molecule has 1 unspecified atom stereocenters. The molecule has 0 aromatic carbocycles. The molecule has 1 aromatic rings. The van der Waals surface area contributed by atoms with E-state index in [0.29, 0.717) is 5.92 Å². The second-order valence-electron chi connectivity index (χ2n) is 4.10. The summed E-state index contributed by atoms with van der Waals surface area (Å²) in [4.78, 5) is 0. The average molecular weight is 209 g/mol. The van der Waals surface area contributed by atoms with Crippen molar-refractivity contribution in [1.29, 1.82) is 0 Å². The van der Waals surface area contributed by atoms with Gasteiger partial charge in [-0.25, -0.2) is 0 Å². The Morgan fingerprint density at radius 2 is 2.33 bits per heavy atom. The third-order valence-electron chi connectivity index (χ3n) is 3.18. The molecule has 4 nitrogen and oxygen atoms in total. The molecule has 2 rings (SSSR count). The molecule has 1 aromatic heterocycles. The summed E-state index contributed by atoms with van der Waals surface area (Å²) < 4.78 is 1.88. The minimum absolute atomic E-state index is 0.352. The molecule has 1 aliphatic rings. The van der Waals surface area contributed by atoms with Crippen LogP contribution in [-0.2, 0) is 6.54 Å². The Labute approximate surface area is 90.3 Å². The molecule has 0 radical (unpaired) electrons. The molecule has 2 N–H and O–H groups in total. The Bertz CT molecular complexity index is 305. The lowest BCUT2D eigenvalue weighted by molar-refractivity contribution is 0.0808. The number of nitrogens with zero attached hydrogens (tertiary/aromatic N) is 2. The molecule has 0 saturated carbocycles. The zero-order valence-electron chi connectivity index (χ0n) is 9.19. The number of aliphatic hydroxyl groups is 1. The second kappa shape index (κ2) is 4.77. The first kappa shape index (κ1) is 10.6. The quantitative estimate of drug-likeness (QED) is 0.779. The van der Waals surface area contributed by atoms with Crippen LogP contribution in [-0.4, -0.2) is 28.0 Å². The fraction of sp³-hybridized carbons (Fsp3) is 0.727. The third kappa shape index (κ3) is 2.21. The molecule has 15 heavy (non-hydrogen) atoms. The number of piperidine rings is 1. The number of nitrogens with one attached hydrogen (secondary N) is 1. The highest BCUT2D eigenvalue weighted by molar-refractivity contribution is 5.06. The average Bonchev–Trinajstić information content (AvgIpc) is 2.77. The van der Waals surface area contributed by atoms with E-state index in [1.165, 1.54) is 0 Å². The Balaban J connectivity index is 2.08. The van der Waals surface area contributed by atoms with Gasteiger partial charge in [0.2, 0.25) is 0 Å². The van der Waals surface area contributed by atoms with Crippen LogP contribution in [0.15, 0.2) is 12.3 Å². The van der Waals surface area contributed by atoms with Gasteiger partial charge in [0.1, 0.15) is 0 Å². The minimum atomic E-state index is -0.352. The number of rotatable bonds is 3. The Morgan fingerprint density at radius 3 is 3.00 bits per heavy atom. The van der Waals surface area contributed by atoms with Crippen molar-refractivity contribution in [2.24, 2.45) is 5.92 Å². The highest BCUT2D eigenvalue weighted by Gasteiger charge is 2.24. The minimum Gasteiger partial charge on any atom is -0.387 e. The van der Waals surface area contributed by atoms with Gasteiger partial charge in [-0.2, -0.15) is 5.10 Å². The van der Waals surface area contributed by atoms with Crippen molar-refractivity contribution in [3.63, 3.8) is 0 Å². The molecular formula is C11H19N3O. The number of hydrogen-bond acceptors (Lipinski definition) is 3. The van der Waals surface area contributed by atoms with Crippen molar-refractivity contribution in [3.8, 4) is 0 Å². The van der Waals surface area contributed by atoms with Gasteiger partial charge in [-0.1, -0.05) is 0 Å². The van der Waals surface area contributed by atoms with Crippen LogP contribution in [0, 0.1) is 5.92 Å². The van der Waals surface area contributed by atoms with Gasteiger partial charge in [0, 0.05) is 12.7 Å². The van der Waals surface area contributed by atoms with E-state index >= 15 is 0 Å². The van der Waals surface area contributed by atoms with Gasteiger partial charge in [0.15, 0.2) is 0 Å². The second-order valence-corrected chi connectivity index (χ2v) is 4.10. The van der Waals surface area contributed by atoms with Gasteiger partial charge in [-0.05, 0) is 44.8 Å². The van der Waals surface area contributed by atoms with Gasteiger partial charge in [0.25, 0.3) is 0 Å². The van der Waals surface area contributed by atoms with E-state index in [2.05, 4.69) is 10.4 Å². The van der Waals surface area contributed by atoms with Crippen LogP contribution in [0.25, 0.3) is 0 Å². The lowest BCUT2D eigenvalue weighted by Gasteiger charge is -2.27. The summed E-state index contributed by atoms with van der Waals surface area (Å²) in [6.07, 6.45) is 3.52. The van der Waals surface area contributed by atoms with Crippen LogP contribution in [0.1, 0.15) is 31.6 Å². The number of aryl methyl sites for hydroxylation is 1. The first-order valence-electron chi connectivity index (χ1n) is 5.73. The monoisotopic (exact) mass is 209 g/mol. The number of aliphatic hydroxyl groups excluding tert-OH is 1. The summed E-state index contributed by atoms with van der Waals surface area (Å²) in [5.74, 6) is 0.383. The molecule has 0 spiro atoms. The van der Waals surface area contributed by atoms with Gasteiger partial charge in [-0.3, -0.25) is 4.68 Å². The summed E-state index contributed by atoms with van der Waals surface area (Å²) >= 11 is 0. The van der Waals surface area contributed by atoms with Crippen LogP contribution in [0.2, 0.25) is 0 Å². The van der Waals surface area contributed by atoms with Crippen molar-refractivity contribution < 1.29 is 5.11 Å². The van der Waals surface area contributed by atoms with Crippen molar-refractivity contribution >= 4 is 0 Å². The van der Waals surface area contributed by atoms with Crippen LogP contribution in [0.4, 0.5) is 0 Å². The Kier molecular flexibility index (Phi) is 3.38. The maximum Gasteiger partial charge on any atom is 0.0985 e. The van der Waals surface area contributed by atoms with E-state index in [4.69, 9.17) is 0 Å². The molecule has 1 atom stereocenters. The van der Waals surface area contributed by atoms with Gasteiger partial charge in [-0.15, -0.1) is 0 Å². The molecule has 1 saturated heterocycles. The molecule has 0 amide bonds. The normalized spacial score (nSPS) is 20.4. The predicted octanol–water partition coefficient (Wildman–Crippen LogP) is 0.936. The summed E-state index contributed by atoms with van der Waals surface area (Å²) in [6.45, 7) is 4.90. The summed E-state index contributed by atoms with van der Waals surface area (Å²) in [5, 5.41) is 17.8. The molecule has 1 fully saturated rings. The zero-order chi connectivity index (χ0) is 10.7. The summed E-state index contributed by atoms with van der Waals surface area (Å²) in [5.41, 5.74) is 0.962. The fourth-order valence-electron chi connectivity index (χ4n) is 2.26. The van der Waals surface area contributed by atoms with Gasteiger partial charge in [0.05, 0.1) is 11.8 Å². The number of aromatic nitrogens is 2. The van der Waals surface area contributed by atoms with E-state index in [9.17, 15) is 5.11 Å². The van der Waals surface area contributed by atoms with Crippen molar-refractivity contribution in [2.45, 2.75) is 32.4 Å². The summed E-state index contributed by atoms with van der Waals surface area (Å²) in [6, 6.07) is 1.93. The number of hydrogen-bond donors (Lipinski definition) is 2. The maximum absolute atomic E-state index is 10.3. The van der Waals surface area contributed by atoms with Crippen molar-refractivity contribution in [3.05, 3.63) is 18.0 Å². The molecule has 2 heterocycles. The van der Waals surface area contributed by atoms with Crippen LogP contribution in [0.5, 0.6) is 0 Å². The van der Waals surface area contributed by atoms with Crippen molar-refractivity contribution in [1.82, 2.24) is 15.1 Å². The zero-order valence-corrected chi connectivity index (χ0v) is 9.19. The molecule has 1 aliphatic heterocycles. The van der Waals surface area contributed by atoms with Gasteiger partial charge >= 0.3 is 0 Å². The van der Waals surface area contributed by atoms with E-state index in [1.807, 2.05) is 17.7 Å².